The molecule has 2 aromatic carbocycles. The SMILES string of the molecule is CC(C)c1ccc(CC(=O)N2CCCCc3cc(C(O)(C(F)(F)F)C(F)(F)F)ccc32)cc1. The second kappa shape index (κ2) is 9.00. The quantitative estimate of drug-likeness (QED) is 0.551. The fraction of sp³-hybridized carbons (Fsp3) is 0.458. The molecule has 0 aliphatic carbocycles. The van der Waals surface area contributed by atoms with Gasteiger partial charge in [0.2, 0.25) is 5.91 Å². The molecule has 0 bridgehead atoms. The number of halogens is 6. The minimum absolute atomic E-state index is 0.0502. The van der Waals surface area contributed by atoms with Gasteiger partial charge in [0.25, 0.3) is 5.60 Å². The summed E-state index contributed by atoms with van der Waals surface area (Å²) in [6.07, 6.45) is -10.6. The zero-order chi connectivity index (χ0) is 24.6. The fourth-order valence-corrected chi connectivity index (χ4v) is 4.02. The average molecular weight is 473 g/mol. The Kier molecular flexibility index (Phi) is 6.84. The summed E-state index contributed by atoms with van der Waals surface area (Å²) in [7, 11) is 0. The van der Waals surface area contributed by atoms with Gasteiger partial charge in [-0.05, 0) is 47.9 Å². The molecule has 0 spiro atoms. The highest BCUT2D eigenvalue weighted by atomic mass is 19.4. The van der Waals surface area contributed by atoms with E-state index in [-0.39, 0.29) is 30.0 Å². The van der Waals surface area contributed by atoms with Crippen LogP contribution in [0.25, 0.3) is 0 Å². The molecule has 0 unspecified atom stereocenters. The van der Waals surface area contributed by atoms with Crippen LogP contribution in [0.2, 0.25) is 0 Å². The van der Waals surface area contributed by atoms with Crippen LogP contribution in [0.4, 0.5) is 32.0 Å². The molecule has 3 rings (SSSR count). The number of nitrogens with zero attached hydrogens (tertiary/aromatic N) is 1. The number of anilines is 1. The third kappa shape index (κ3) is 4.88. The van der Waals surface area contributed by atoms with E-state index in [2.05, 4.69) is 0 Å². The van der Waals surface area contributed by atoms with Gasteiger partial charge in [0.05, 0.1) is 6.42 Å². The minimum atomic E-state index is -5.96. The Morgan fingerprint density at radius 2 is 1.58 bits per heavy atom. The largest absolute Gasteiger partial charge is 0.430 e. The topological polar surface area (TPSA) is 40.5 Å². The van der Waals surface area contributed by atoms with Crippen LogP contribution in [0.1, 0.15) is 54.9 Å². The van der Waals surface area contributed by atoms with Crippen molar-refractivity contribution in [2.24, 2.45) is 0 Å². The predicted octanol–water partition coefficient (Wildman–Crippen LogP) is 6.03. The summed E-state index contributed by atoms with van der Waals surface area (Å²) < 4.78 is 79.7. The second-order valence-corrected chi connectivity index (χ2v) is 8.62. The van der Waals surface area contributed by atoms with Gasteiger partial charge in [-0.25, -0.2) is 0 Å². The Morgan fingerprint density at radius 1 is 0.970 bits per heavy atom. The molecule has 33 heavy (non-hydrogen) atoms. The normalized spacial score (nSPS) is 15.4. The molecular weight excluding hydrogens is 448 g/mol. The van der Waals surface area contributed by atoms with Gasteiger partial charge < -0.3 is 10.0 Å². The van der Waals surface area contributed by atoms with E-state index in [4.69, 9.17) is 0 Å². The molecule has 0 saturated heterocycles. The van der Waals surface area contributed by atoms with Gasteiger partial charge in [0, 0.05) is 17.8 Å². The highest BCUT2D eigenvalue weighted by Gasteiger charge is 2.71. The number of carbonyl (C=O) groups excluding carboxylic acids is 1. The number of hydrogen-bond donors (Lipinski definition) is 1. The van der Waals surface area contributed by atoms with Crippen molar-refractivity contribution in [1.29, 1.82) is 0 Å². The third-order valence-electron chi connectivity index (χ3n) is 5.99. The van der Waals surface area contributed by atoms with Crippen molar-refractivity contribution in [2.45, 2.75) is 63.4 Å². The predicted molar refractivity (Wildman–Crippen MR) is 112 cm³/mol. The van der Waals surface area contributed by atoms with E-state index in [1.165, 1.54) is 4.90 Å². The van der Waals surface area contributed by atoms with Crippen LogP contribution in [-0.4, -0.2) is 29.9 Å². The van der Waals surface area contributed by atoms with Gasteiger partial charge >= 0.3 is 12.4 Å². The van der Waals surface area contributed by atoms with Crippen LogP contribution >= 0.6 is 0 Å². The van der Waals surface area contributed by atoms with Gasteiger partial charge in [-0.2, -0.15) is 26.3 Å². The number of amides is 1. The molecule has 180 valence electrons. The van der Waals surface area contributed by atoms with Crippen LogP contribution in [0, 0.1) is 0 Å². The number of hydrogen-bond acceptors (Lipinski definition) is 2. The van der Waals surface area contributed by atoms with E-state index in [0.29, 0.717) is 31.4 Å². The number of aliphatic hydroxyl groups is 1. The van der Waals surface area contributed by atoms with Crippen molar-refractivity contribution in [3.63, 3.8) is 0 Å². The molecule has 1 amide bonds. The molecular formula is C24H25F6NO2. The van der Waals surface area contributed by atoms with E-state index >= 15 is 0 Å². The van der Waals surface area contributed by atoms with E-state index < -0.39 is 23.5 Å². The summed E-state index contributed by atoms with van der Waals surface area (Å²) >= 11 is 0. The Bertz CT molecular complexity index is 981. The number of fused-ring (bicyclic) bond motifs is 1. The van der Waals surface area contributed by atoms with Crippen molar-refractivity contribution < 1.29 is 36.2 Å². The summed E-state index contributed by atoms with van der Waals surface area (Å²) in [6.45, 7) is 4.39. The first-order valence-corrected chi connectivity index (χ1v) is 10.6. The highest BCUT2D eigenvalue weighted by molar-refractivity contribution is 5.95. The van der Waals surface area contributed by atoms with Crippen molar-refractivity contribution >= 4 is 11.6 Å². The molecule has 1 aliphatic rings. The molecule has 1 N–H and O–H groups in total. The first-order valence-electron chi connectivity index (χ1n) is 10.6. The zero-order valence-electron chi connectivity index (χ0n) is 18.2. The maximum atomic E-state index is 13.3. The van der Waals surface area contributed by atoms with Crippen LogP contribution in [-0.2, 0) is 23.2 Å². The zero-order valence-corrected chi connectivity index (χ0v) is 18.2. The van der Waals surface area contributed by atoms with Crippen molar-refractivity contribution in [3.8, 4) is 0 Å². The summed E-state index contributed by atoms with van der Waals surface area (Å²) in [5.41, 5.74) is -3.99. The van der Waals surface area contributed by atoms with Crippen LogP contribution in [0.15, 0.2) is 42.5 Å². The average Bonchev–Trinajstić information content (AvgIpc) is 2.93. The fourth-order valence-electron chi connectivity index (χ4n) is 4.02. The van der Waals surface area contributed by atoms with Gasteiger partial charge in [0.1, 0.15) is 0 Å². The number of rotatable bonds is 4. The Morgan fingerprint density at radius 3 is 2.12 bits per heavy atom. The number of aryl methyl sites for hydroxylation is 1. The van der Waals surface area contributed by atoms with E-state index in [9.17, 15) is 36.2 Å². The lowest BCUT2D eigenvalue weighted by Gasteiger charge is -2.33. The van der Waals surface area contributed by atoms with Crippen molar-refractivity contribution in [2.75, 3.05) is 11.4 Å². The van der Waals surface area contributed by atoms with E-state index in [0.717, 1.165) is 23.3 Å². The lowest BCUT2D eigenvalue weighted by atomic mass is 9.89. The standard InChI is InChI=1S/C24H25F6NO2/c1-15(2)17-8-6-16(7-9-17)13-21(32)31-12-4-3-5-18-14-19(10-11-20(18)31)22(33,23(25,26)27)24(28,29)30/h6-11,14-15,33H,3-5,12-13H2,1-2H3. The van der Waals surface area contributed by atoms with Gasteiger partial charge in [-0.3, -0.25) is 4.79 Å². The summed E-state index contributed by atoms with van der Waals surface area (Å²) in [5, 5.41) is 9.73. The number of alkyl halides is 6. The van der Waals surface area contributed by atoms with Gasteiger partial charge in [0.15, 0.2) is 0 Å². The van der Waals surface area contributed by atoms with E-state index in [1.807, 2.05) is 38.1 Å². The molecule has 9 heteroatoms. The van der Waals surface area contributed by atoms with Crippen LogP contribution in [0.5, 0.6) is 0 Å². The summed E-state index contributed by atoms with van der Waals surface area (Å²) in [4.78, 5) is 14.4. The smallest absolute Gasteiger partial charge is 0.369 e. The van der Waals surface area contributed by atoms with Crippen LogP contribution < -0.4 is 4.90 Å². The molecule has 0 aromatic heterocycles. The van der Waals surface area contributed by atoms with Crippen molar-refractivity contribution in [3.05, 3.63) is 64.7 Å². The monoisotopic (exact) mass is 473 g/mol. The Labute approximate surface area is 188 Å². The molecule has 0 saturated carbocycles. The molecule has 0 fully saturated rings. The number of carbonyl (C=O) groups is 1. The van der Waals surface area contributed by atoms with Crippen LogP contribution in [0.3, 0.4) is 0 Å². The second-order valence-electron chi connectivity index (χ2n) is 8.62. The summed E-state index contributed by atoms with van der Waals surface area (Å²) in [5.74, 6) is 0.0265. The molecule has 1 heterocycles. The molecule has 3 nitrogen and oxygen atoms in total. The summed E-state index contributed by atoms with van der Waals surface area (Å²) in [6, 6.07) is 9.90. The first-order chi connectivity index (χ1) is 15.3. The van der Waals surface area contributed by atoms with Crippen molar-refractivity contribution in [1.82, 2.24) is 0 Å². The Balaban J connectivity index is 1.94. The Hall–Kier alpha value is -2.55. The molecule has 1 aliphatic heterocycles. The minimum Gasteiger partial charge on any atom is -0.369 e. The van der Waals surface area contributed by atoms with Gasteiger partial charge in [-0.1, -0.05) is 50.2 Å². The maximum Gasteiger partial charge on any atom is 0.430 e. The maximum absolute atomic E-state index is 13.3. The molecule has 0 atom stereocenters. The first kappa shape index (κ1) is 25.1. The molecule has 0 radical (unpaired) electrons. The lowest BCUT2D eigenvalue weighted by Crippen LogP contribution is -2.54. The lowest BCUT2D eigenvalue weighted by molar-refractivity contribution is -0.376. The highest BCUT2D eigenvalue weighted by Crippen LogP contribution is 2.50. The number of benzene rings is 2. The van der Waals surface area contributed by atoms with Gasteiger partial charge in [-0.15, -0.1) is 0 Å². The third-order valence-corrected chi connectivity index (χ3v) is 5.99. The molecule has 2 aromatic rings. The van der Waals surface area contributed by atoms with E-state index in [1.54, 1.807) is 0 Å².